The van der Waals surface area contributed by atoms with Crippen LogP contribution in [-0.4, -0.2) is 5.16 Å². The molecule has 1 atom stereocenters. The molecular weight excluding hydrogens is 348 g/mol. The lowest BCUT2D eigenvalue weighted by Crippen LogP contribution is -2.26. The smallest absolute Gasteiger partial charge is 0.207 e. The quantitative estimate of drug-likeness (QED) is 0.480. The van der Waals surface area contributed by atoms with Gasteiger partial charge < -0.3 is 8.94 Å². The number of nitrogens with zero attached hydrogens (tertiary/aromatic N) is 1. The zero-order chi connectivity index (χ0) is 18.8. The van der Waals surface area contributed by atoms with Crippen LogP contribution in [0.1, 0.15) is 26.5 Å². The molecule has 2 aromatic carbocycles. The summed E-state index contributed by atoms with van der Waals surface area (Å²) in [4.78, 5) is 0. The van der Waals surface area contributed by atoms with Gasteiger partial charge in [0, 0.05) is 5.16 Å². The highest BCUT2D eigenvalue weighted by Gasteiger charge is 2.41. The molecule has 3 nitrogen and oxygen atoms in total. The first kappa shape index (κ1) is 18.5. The summed E-state index contributed by atoms with van der Waals surface area (Å²) >= 11 is 0. The standard InChI is InChI=1S/C21H23FNO2P/c1-16-10-15-20(24-16)26(21(2,3)4,25-19-8-6-5-7-9-19)23-18-13-11-17(22)12-14-18/h5-15H,1-4H3. The van der Waals surface area contributed by atoms with E-state index in [1.54, 1.807) is 12.1 Å². The largest absolute Gasteiger partial charge is 0.457 e. The van der Waals surface area contributed by atoms with Crippen molar-refractivity contribution < 1.29 is 13.3 Å². The Balaban J connectivity index is 2.26. The van der Waals surface area contributed by atoms with Gasteiger partial charge in [0.1, 0.15) is 17.3 Å². The molecule has 0 aliphatic rings. The molecule has 3 aromatic rings. The third-order valence-electron chi connectivity index (χ3n) is 4.00. The van der Waals surface area contributed by atoms with E-state index in [-0.39, 0.29) is 11.0 Å². The maximum absolute atomic E-state index is 13.3. The third-order valence-corrected chi connectivity index (χ3v) is 7.64. The maximum atomic E-state index is 13.3. The van der Waals surface area contributed by atoms with Gasteiger partial charge in [0.15, 0.2) is 5.50 Å². The van der Waals surface area contributed by atoms with Crippen molar-refractivity contribution in [3.05, 3.63) is 78.3 Å². The Labute approximate surface area is 154 Å². The normalized spacial score (nSPS) is 13.9. The van der Waals surface area contributed by atoms with E-state index < -0.39 is 7.28 Å². The number of aryl methyl sites for hydroxylation is 1. The molecule has 0 spiro atoms. The van der Waals surface area contributed by atoms with Crippen LogP contribution < -0.4 is 10.0 Å². The zero-order valence-corrected chi connectivity index (χ0v) is 16.3. The first-order chi connectivity index (χ1) is 12.3. The number of hydrogen-bond donors (Lipinski definition) is 0. The molecule has 136 valence electrons. The third kappa shape index (κ3) is 3.76. The summed E-state index contributed by atoms with van der Waals surface area (Å²) in [7, 11) is -2.63. The van der Waals surface area contributed by atoms with Crippen LogP contribution in [0.5, 0.6) is 5.75 Å². The van der Waals surface area contributed by atoms with Crippen LogP contribution in [0.15, 0.2) is 75.9 Å². The average molecular weight is 371 g/mol. The Bertz CT molecular complexity index is 925. The van der Waals surface area contributed by atoms with Crippen LogP contribution in [-0.2, 0) is 0 Å². The van der Waals surface area contributed by atoms with Crippen LogP contribution in [0.4, 0.5) is 10.1 Å². The number of hydrogen-bond acceptors (Lipinski definition) is 3. The Morgan fingerprint density at radius 2 is 1.58 bits per heavy atom. The van der Waals surface area contributed by atoms with Gasteiger partial charge in [0.05, 0.1) is 5.69 Å². The van der Waals surface area contributed by atoms with Crippen LogP contribution in [0, 0.1) is 12.7 Å². The van der Waals surface area contributed by atoms with Crippen LogP contribution in [0.3, 0.4) is 0 Å². The average Bonchev–Trinajstić information content (AvgIpc) is 3.03. The lowest BCUT2D eigenvalue weighted by Gasteiger charge is -2.35. The first-order valence-electron chi connectivity index (χ1n) is 8.50. The van der Waals surface area contributed by atoms with Crippen molar-refractivity contribution in [2.75, 3.05) is 0 Å². The number of furan rings is 1. The van der Waals surface area contributed by atoms with Crippen molar-refractivity contribution >= 4 is 18.5 Å². The fourth-order valence-corrected chi connectivity index (χ4v) is 5.52. The summed E-state index contributed by atoms with van der Waals surface area (Å²) in [6.45, 7) is 8.18. The lowest BCUT2D eigenvalue weighted by atomic mass is 10.3. The number of halogens is 1. The number of benzene rings is 2. The minimum absolute atomic E-state index is 0.290. The van der Waals surface area contributed by atoms with Crippen molar-refractivity contribution in [1.29, 1.82) is 0 Å². The summed E-state index contributed by atoms with van der Waals surface area (Å²) < 4.78 is 30.9. The Morgan fingerprint density at radius 3 is 2.12 bits per heavy atom. The SMILES string of the molecule is Cc1ccc(P(=Nc2ccc(F)cc2)(Oc2ccccc2)C(C)(C)C)o1. The van der Waals surface area contributed by atoms with Gasteiger partial charge in [0.25, 0.3) is 0 Å². The highest BCUT2D eigenvalue weighted by atomic mass is 31.2. The highest BCUT2D eigenvalue weighted by molar-refractivity contribution is 7.70. The molecular formula is C21H23FNO2P. The fourth-order valence-electron chi connectivity index (χ4n) is 2.62. The zero-order valence-electron chi connectivity index (χ0n) is 15.4. The van der Waals surface area contributed by atoms with Crippen molar-refractivity contribution in [1.82, 2.24) is 0 Å². The van der Waals surface area contributed by atoms with Gasteiger partial charge in [-0.15, -0.1) is 0 Å². The monoisotopic (exact) mass is 371 g/mol. The van der Waals surface area contributed by atoms with E-state index >= 15 is 0 Å². The topological polar surface area (TPSA) is 34.7 Å². The van der Waals surface area contributed by atoms with Crippen molar-refractivity contribution in [3.8, 4) is 5.75 Å². The van der Waals surface area contributed by atoms with E-state index in [2.05, 4.69) is 20.8 Å². The molecule has 0 amide bonds. The molecule has 0 N–H and O–H groups in total. The van der Waals surface area contributed by atoms with E-state index in [1.807, 2.05) is 49.4 Å². The van der Waals surface area contributed by atoms with Gasteiger partial charge in [-0.25, -0.2) is 9.14 Å². The maximum Gasteiger partial charge on any atom is 0.207 e. The summed E-state index contributed by atoms with van der Waals surface area (Å²) in [5.41, 5.74) is 1.38. The summed E-state index contributed by atoms with van der Waals surface area (Å²) in [6, 6.07) is 19.6. The predicted octanol–water partition coefficient (Wildman–Crippen LogP) is 6.68. The van der Waals surface area contributed by atoms with Crippen LogP contribution in [0.25, 0.3) is 0 Å². The fraction of sp³-hybridized carbons (Fsp3) is 0.238. The Kier molecular flexibility index (Phi) is 5.06. The second kappa shape index (κ2) is 7.13. The molecule has 0 aliphatic carbocycles. The predicted molar refractivity (Wildman–Crippen MR) is 105 cm³/mol. The molecule has 0 saturated carbocycles. The second-order valence-electron chi connectivity index (χ2n) is 7.11. The van der Waals surface area contributed by atoms with E-state index in [4.69, 9.17) is 13.7 Å². The minimum atomic E-state index is -2.63. The first-order valence-corrected chi connectivity index (χ1v) is 10.2. The molecule has 0 fully saturated rings. The highest BCUT2D eigenvalue weighted by Crippen LogP contribution is 2.62. The van der Waals surface area contributed by atoms with Crippen molar-refractivity contribution in [3.63, 3.8) is 0 Å². The summed E-state index contributed by atoms with van der Waals surface area (Å²) in [5, 5.41) is -0.332. The molecule has 1 unspecified atom stereocenters. The van der Waals surface area contributed by atoms with Gasteiger partial charge in [-0.2, -0.15) is 0 Å². The van der Waals surface area contributed by atoms with Crippen LogP contribution >= 0.6 is 7.28 Å². The van der Waals surface area contributed by atoms with E-state index in [9.17, 15) is 4.39 Å². The minimum Gasteiger partial charge on any atom is -0.457 e. The van der Waals surface area contributed by atoms with Gasteiger partial charge in [-0.1, -0.05) is 39.0 Å². The molecule has 1 heterocycles. The Hall–Kier alpha value is -2.32. The van der Waals surface area contributed by atoms with Gasteiger partial charge >= 0.3 is 0 Å². The molecule has 0 bridgehead atoms. The van der Waals surface area contributed by atoms with Gasteiger partial charge in [-0.05, 0) is 55.5 Å². The number of rotatable bonds is 4. The Morgan fingerprint density at radius 1 is 0.923 bits per heavy atom. The van der Waals surface area contributed by atoms with E-state index in [0.29, 0.717) is 5.69 Å². The molecule has 5 heteroatoms. The van der Waals surface area contributed by atoms with E-state index in [0.717, 1.165) is 17.0 Å². The molecule has 26 heavy (non-hydrogen) atoms. The summed E-state index contributed by atoms with van der Waals surface area (Å²) in [5.74, 6) is 1.25. The van der Waals surface area contributed by atoms with Crippen LogP contribution in [0.2, 0.25) is 0 Å². The molecule has 1 aromatic heterocycles. The molecule has 0 saturated heterocycles. The number of para-hydroxylation sites is 1. The van der Waals surface area contributed by atoms with Gasteiger partial charge in [-0.3, -0.25) is 0 Å². The summed E-state index contributed by atoms with van der Waals surface area (Å²) in [6.07, 6.45) is 0. The second-order valence-corrected chi connectivity index (χ2v) is 10.4. The van der Waals surface area contributed by atoms with Gasteiger partial charge in [0.2, 0.25) is 7.28 Å². The molecule has 0 aliphatic heterocycles. The molecule has 3 rings (SSSR count). The van der Waals surface area contributed by atoms with E-state index in [1.165, 1.54) is 12.1 Å². The molecule has 0 radical (unpaired) electrons. The van der Waals surface area contributed by atoms with Crippen molar-refractivity contribution in [2.45, 2.75) is 32.9 Å². The van der Waals surface area contributed by atoms with Crippen molar-refractivity contribution in [2.24, 2.45) is 4.74 Å². The lowest BCUT2D eigenvalue weighted by molar-refractivity contribution is 0.527.